The molecular formula is C13H18N2O4. The molecule has 0 atom stereocenters. The van der Waals surface area contributed by atoms with Crippen molar-refractivity contribution >= 4 is 17.7 Å². The van der Waals surface area contributed by atoms with Gasteiger partial charge >= 0.3 is 12.0 Å². The number of carbonyl (C=O) groups excluding carboxylic acids is 2. The largest absolute Gasteiger partial charge is 0.495 e. The first kappa shape index (κ1) is 14.8. The minimum atomic E-state index is -0.395. The van der Waals surface area contributed by atoms with Crippen LogP contribution in [-0.4, -0.2) is 32.3 Å². The van der Waals surface area contributed by atoms with E-state index in [-0.39, 0.29) is 18.9 Å². The van der Waals surface area contributed by atoms with Crippen LogP contribution in [0.5, 0.6) is 5.75 Å². The predicted molar refractivity (Wildman–Crippen MR) is 71.3 cm³/mol. The molecule has 1 rings (SSSR count). The number of methoxy groups -OCH3 is 1. The van der Waals surface area contributed by atoms with Crippen molar-refractivity contribution in [3.8, 4) is 5.75 Å². The summed E-state index contributed by atoms with van der Waals surface area (Å²) >= 11 is 0. The molecule has 0 unspecified atom stereocenters. The number of hydrogen-bond acceptors (Lipinski definition) is 4. The Kier molecular flexibility index (Phi) is 6.21. The van der Waals surface area contributed by atoms with E-state index in [4.69, 9.17) is 9.47 Å². The molecule has 0 bridgehead atoms. The normalized spacial score (nSPS) is 9.58. The van der Waals surface area contributed by atoms with Gasteiger partial charge in [-0.05, 0) is 19.1 Å². The van der Waals surface area contributed by atoms with E-state index in [1.165, 1.54) is 7.11 Å². The monoisotopic (exact) mass is 266 g/mol. The Balaban J connectivity index is 2.37. The summed E-state index contributed by atoms with van der Waals surface area (Å²) in [6.07, 6.45) is 0.146. The highest BCUT2D eigenvalue weighted by atomic mass is 16.5. The molecule has 6 heteroatoms. The molecule has 0 spiro atoms. The molecule has 0 aliphatic carbocycles. The van der Waals surface area contributed by atoms with E-state index in [0.29, 0.717) is 18.0 Å². The van der Waals surface area contributed by atoms with Gasteiger partial charge in [-0.15, -0.1) is 0 Å². The molecule has 0 aromatic heterocycles. The molecule has 0 fully saturated rings. The molecule has 19 heavy (non-hydrogen) atoms. The van der Waals surface area contributed by atoms with Gasteiger partial charge in [-0.1, -0.05) is 12.1 Å². The van der Waals surface area contributed by atoms with Crippen LogP contribution in [0.2, 0.25) is 0 Å². The van der Waals surface area contributed by atoms with Crippen LogP contribution in [-0.2, 0) is 9.53 Å². The second-order valence-electron chi connectivity index (χ2n) is 3.64. The van der Waals surface area contributed by atoms with E-state index in [0.717, 1.165) is 0 Å². The van der Waals surface area contributed by atoms with Gasteiger partial charge in [-0.3, -0.25) is 4.79 Å². The van der Waals surface area contributed by atoms with E-state index in [1.54, 1.807) is 25.1 Å². The quantitative estimate of drug-likeness (QED) is 0.769. The molecule has 1 aromatic rings. The van der Waals surface area contributed by atoms with E-state index in [1.807, 2.05) is 6.07 Å². The van der Waals surface area contributed by atoms with Gasteiger partial charge in [0.2, 0.25) is 0 Å². The Morgan fingerprint density at radius 2 is 2.00 bits per heavy atom. The van der Waals surface area contributed by atoms with Crippen LogP contribution in [0.15, 0.2) is 24.3 Å². The molecule has 0 aliphatic rings. The summed E-state index contributed by atoms with van der Waals surface area (Å²) in [5, 5.41) is 5.21. The zero-order valence-electron chi connectivity index (χ0n) is 11.1. The van der Waals surface area contributed by atoms with Gasteiger partial charge in [-0.2, -0.15) is 0 Å². The minimum absolute atomic E-state index is 0.146. The molecule has 104 valence electrons. The number of amides is 2. The summed E-state index contributed by atoms with van der Waals surface area (Å²) in [5.74, 6) is 0.239. The van der Waals surface area contributed by atoms with Crippen LogP contribution in [0.3, 0.4) is 0 Å². The van der Waals surface area contributed by atoms with Crippen molar-refractivity contribution in [3.05, 3.63) is 24.3 Å². The average molecular weight is 266 g/mol. The SMILES string of the molecule is CCOC(=O)CCNC(=O)Nc1ccccc1OC. The number of urea groups is 1. The molecule has 2 N–H and O–H groups in total. The number of nitrogens with one attached hydrogen (secondary N) is 2. The van der Waals surface area contributed by atoms with Crippen LogP contribution in [0.25, 0.3) is 0 Å². The fourth-order valence-corrected chi connectivity index (χ4v) is 1.43. The second-order valence-corrected chi connectivity index (χ2v) is 3.64. The van der Waals surface area contributed by atoms with Crippen LogP contribution in [0, 0.1) is 0 Å². The van der Waals surface area contributed by atoms with Crippen molar-refractivity contribution in [2.24, 2.45) is 0 Å². The maximum atomic E-state index is 11.6. The summed E-state index contributed by atoms with van der Waals surface area (Å²) in [7, 11) is 1.53. The Bertz CT molecular complexity index is 434. The first-order valence-corrected chi connectivity index (χ1v) is 6.00. The lowest BCUT2D eigenvalue weighted by Crippen LogP contribution is -2.31. The summed E-state index contributed by atoms with van der Waals surface area (Å²) in [6, 6.07) is 6.67. The highest BCUT2D eigenvalue weighted by molar-refractivity contribution is 5.91. The number of para-hydroxylation sites is 2. The van der Waals surface area contributed by atoms with Gasteiger partial charge in [0.05, 0.1) is 25.8 Å². The first-order valence-electron chi connectivity index (χ1n) is 6.00. The average Bonchev–Trinajstić information content (AvgIpc) is 2.39. The van der Waals surface area contributed by atoms with Gasteiger partial charge < -0.3 is 20.1 Å². The Labute approximate surface area is 112 Å². The summed E-state index contributed by atoms with van der Waals surface area (Å²) in [4.78, 5) is 22.7. The molecule has 0 heterocycles. The van der Waals surface area contributed by atoms with Crippen molar-refractivity contribution in [3.63, 3.8) is 0 Å². The third-order valence-electron chi connectivity index (χ3n) is 2.28. The van der Waals surface area contributed by atoms with Gasteiger partial charge in [0.1, 0.15) is 5.75 Å². The van der Waals surface area contributed by atoms with Gasteiger partial charge in [0, 0.05) is 6.54 Å². The van der Waals surface area contributed by atoms with E-state index in [9.17, 15) is 9.59 Å². The van der Waals surface area contributed by atoms with Crippen LogP contribution in [0.4, 0.5) is 10.5 Å². The number of benzene rings is 1. The van der Waals surface area contributed by atoms with Crippen molar-refractivity contribution in [1.82, 2.24) is 5.32 Å². The highest BCUT2D eigenvalue weighted by Crippen LogP contribution is 2.22. The molecule has 2 amide bonds. The van der Waals surface area contributed by atoms with Gasteiger partial charge in [0.15, 0.2) is 0 Å². The van der Waals surface area contributed by atoms with Crippen LogP contribution >= 0.6 is 0 Å². The summed E-state index contributed by atoms with van der Waals surface area (Å²) in [6.45, 7) is 2.30. The molecule has 6 nitrogen and oxygen atoms in total. The van der Waals surface area contributed by atoms with Gasteiger partial charge in [-0.25, -0.2) is 4.79 Å². The lowest BCUT2D eigenvalue weighted by atomic mass is 10.3. The van der Waals surface area contributed by atoms with Gasteiger partial charge in [0.25, 0.3) is 0 Å². The van der Waals surface area contributed by atoms with Crippen molar-refractivity contribution in [2.45, 2.75) is 13.3 Å². The Morgan fingerprint density at radius 3 is 2.68 bits per heavy atom. The molecule has 1 aromatic carbocycles. The topological polar surface area (TPSA) is 76.7 Å². The van der Waals surface area contributed by atoms with Crippen molar-refractivity contribution < 1.29 is 19.1 Å². The van der Waals surface area contributed by atoms with Crippen molar-refractivity contribution in [2.75, 3.05) is 25.6 Å². The minimum Gasteiger partial charge on any atom is -0.495 e. The zero-order valence-corrected chi connectivity index (χ0v) is 11.1. The number of rotatable bonds is 6. The smallest absolute Gasteiger partial charge is 0.319 e. The summed E-state index contributed by atoms with van der Waals surface area (Å²) < 4.78 is 9.85. The molecule has 0 aliphatic heterocycles. The Hall–Kier alpha value is -2.24. The number of hydrogen-bond donors (Lipinski definition) is 2. The maximum absolute atomic E-state index is 11.6. The number of carbonyl (C=O) groups is 2. The molecular weight excluding hydrogens is 248 g/mol. The second kappa shape index (κ2) is 7.97. The number of esters is 1. The lowest BCUT2D eigenvalue weighted by molar-refractivity contribution is -0.142. The van der Waals surface area contributed by atoms with Crippen LogP contribution < -0.4 is 15.4 Å². The third-order valence-corrected chi connectivity index (χ3v) is 2.28. The maximum Gasteiger partial charge on any atom is 0.319 e. The predicted octanol–water partition coefficient (Wildman–Crippen LogP) is 1.77. The standard InChI is InChI=1S/C13H18N2O4/c1-3-19-12(16)8-9-14-13(17)15-10-6-4-5-7-11(10)18-2/h4-7H,3,8-9H2,1-2H3,(H2,14,15,17). The fourth-order valence-electron chi connectivity index (χ4n) is 1.43. The molecule has 0 radical (unpaired) electrons. The van der Waals surface area contributed by atoms with E-state index < -0.39 is 6.03 Å². The van der Waals surface area contributed by atoms with Crippen molar-refractivity contribution in [1.29, 1.82) is 0 Å². The number of ether oxygens (including phenoxy) is 2. The molecule has 0 saturated heterocycles. The van der Waals surface area contributed by atoms with Crippen LogP contribution in [0.1, 0.15) is 13.3 Å². The Morgan fingerprint density at radius 1 is 1.26 bits per heavy atom. The fraction of sp³-hybridized carbons (Fsp3) is 0.385. The van der Waals surface area contributed by atoms with E-state index in [2.05, 4.69) is 10.6 Å². The summed E-state index contributed by atoms with van der Waals surface area (Å²) in [5.41, 5.74) is 0.568. The van der Waals surface area contributed by atoms with E-state index >= 15 is 0 Å². The highest BCUT2D eigenvalue weighted by Gasteiger charge is 2.07. The molecule has 0 saturated carbocycles. The lowest BCUT2D eigenvalue weighted by Gasteiger charge is -2.10. The third kappa shape index (κ3) is 5.29. The zero-order chi connectivity index (χ0) is 14.1. The first-order chi connectivity index (χ1) is 9.17. The number of anilines is 1.